The Morgan fingerprint density at radius 3 is 2.67 bits per heavy atom. The number of ether oxygens (including phenoxy) is 2. The molecule has 106 valence electrons. The third-order valence-corrected chi connectivity index (χ3v) is 3.45. The molecule has 0 radical (unpaired) electrons. The van der Waals surface area contributed by atoms with E-state index in [1.165, 1.54) is 12.1 Å². The highest BCUT2D eigenvalue weighted by atomic mass is 79.9. The molecule has 0 aliphatic carbocycles. The highest BCUT2D eigenvalue weighted by Gasteiger charge is 2.08. The molecule has 3 aromatic rings. The Morgan fingerprint density at radius 1 is 1.05 bits per heavy atom. The van der Waals surface area contributed by atoms with Crippen LogP contribution < -0.4 is 9.47 Å². The molecule has 1 heterocycles. The Morgan fingerprint density at radius 2 is 1.90 bits per heavy atom. The number of aromatic nitrogens is 1. The summed E-state index contributed by atoms with van der Waals surface area (Å²) in [5, 5.41) is 1.77. The zero-order chi connectivity index (χ0) is 14.8. The summed E-state index contributed by atoms with van der Waals surface area (Å²) < 4.78 is 25.0. The molecule has 2 aromatic carbocycles. The number of hydrogen-bond donors (Lipinski definition) is 0. The molecular formula is C16H11BrFNO2. The van der Waals surface area contributed by atoms with Gasteiger partial charge < -0.3 is 9.47 Å². The van der Waals surface area contributed by atoms with Crippen molar-refractivity contribution in [2.45, 2.75) is 0 Å². The van der Waals surface area contributed by atoms with E-state index in [1.807, 2.05) is 24.3 Å². The van der Waals surface area contributed by atoms with Gasteiger partial charge in [-0.15, -0.1) is 0 Å². The van der Waals surface area contributed by atoms with Gasteiger partial charge in [0.2, 0.25) is 5.88 Å². The molecule has 0 saturated heterocycles. The maximum atomic E-state index is 13.4. The Balaban J connectivity index is 2.07. The predicted octanol–water partition coefficient (Wildman–Crippen LogP) is 4.94. The van der Waals surface area contributed by atoms with Crippen LogP contribution in [0.15, 0.2) is 53.1 Å². The van der Waals surface area contributed by atoms with Crippen LogP contribution in [-0.4, -0.2) is 12.1 Å². The number of hydrogen-bond acceptors (Lipinski definition) is 3. The van der Waals surface area contributed by atoms with Crippen LogP contribution in [0.2, 0.25) is 0 Å². The lowest BCUT2D eigenvalue weighted by Crippen LogP contribution is -1.91. The van der Waals surface area contributed by atoms with Crippen LogP contribution in [0.25, 0.3) is 10.8 Å². The fourth-order valence-electron chi connectivity index (χ4n) is 2.03. The van der Waals surface area contributed by atoms with Gasteiger partial charge in [0.05, 0.1) is 7.11 Å². The summed E-state index contributed by atoms with van der Waals surface area (Å²) in [5.41, 5.74) is 0. The quantitative estimate of drug-likeness (QED) is 0.672. The van der Waals surface area contributed by atoms with E-state index in [1.54, 1.807) is 19.4 Å². The van der Waals surface area contributed by atoms with Crippen LogP contribution in [0.5, 0.6) is 17.4 Å². The minimum absolute atomic E-state index is 0.378. The maximum absolute atomic E-state index is 13.4. The van der Waals surface area contributed by atoms with Crippen molar-refractivity contribution < 1.29 is 13.9 Å². The lowest BCUT2D eigenvalue weighted by molar-refractivity contribution is 0.415. The second kappa shape index (κ2) is 5.69. The van der Waals surface area contributed by atoms with Crippen LogP contribution in [0.3, 0.4) is 0 Å². The summed E-state index contributed by atoms with van der Waals surface area (Å²) in [5.74, 6) is 1.12. The second-order valence-corrected chi connectivity index (χ2v) is 5.33. The van der Waals surface area contributed by atoms with Gasteiger partial charge >= 0.3 is 0 Å². The monoisotopic (exact) mass is 347 g/mol. The molecule has 0 bridgehead atoms. The topological polar surface area (TPSA) is 31.4 Å². The van der Waals surface area contributed by atoms with Gasteiger partial charge in [-0.3, -0.25) is 0 Å². The average molecular weight is 348 g/mol. The van der Waals surface area contributed by atoms with E-state index in [0.717, 1.165) is 10.8 Å². The fraction of sp³-hybridized carbons (Fsp3) is 0.0625. The van der Waals surface area contributed by atoms with E-state index in [-0.39, 0.29) is 5.82 Å². The number of fused-ring (bicyclic) bond motifs is 1. The Hall–Kier alpha value is -2.14. The number of nitrogens with zero attached hydrogens (tertiary/aromatic N) is 1. The van der Waals surface area contributed by atoms with E-state index < -0.39 is 0 Å². The van der Waals surface area contributed by atoms with Gasteiger partial charge in [0.15, 0.2) is 0 Å². The van der Waals surface area contributed by atoms with Gasteiger partial charge in [-0.25, -0.2) is 9.37 Å². The highest BCUT2D eigenvalue weighted by Crippen LogP contribution is 2.31. The standard InChI is InChI=1S/C16H11BrFNO2/c1-20-13-3-2-10-4-5-19-16(15(10)9-13)21-14-7-11(17)6-12(18)8-14/h2-9H,1H3. The number of methoxy groups -OCH3 is 1. The van der Waals surface area contributed by atoms with Crippen molar-refractivity contribution in [3.8, 4) is 17.4 Å². The van der Waals surface area contributed by atoms with E-state index in [0.29, 0.717) is 21.9 Å². The molecule has 3 rings (SSSR count). The first-order valence-electron chi connectivity index (χ1n) is 6.22. The van der Waals surface area contributed by atoms with Crippen LogP contribution >= 0.6 is 15.9 Å². The molecule has 0 fully saturated rings. The smallest absolute Gasteiger partial charge is 0.227 e. The van der Waals surface area contributed by atoms with E-state index >= 15 is 0 Å². The molecule has 5 heteroatoms. The molecule has 0 aliphatic heterocycles. The normalized spacial score (nSPS) is 10.6. The Bertz CT molecular complexity index is 787. The van der Waals surface area contributed by atoms with Gasteiger partial charge in [-0.05, 0) is 35.7 Å². The summed E-state index contributed by atoms with van der Waals surface area (Å²) in [4.78, 5) is 4.22. The van der Waals surface area contributed by atoms with Crippen molar-refractivity contribution in [1.29, 1.82) is 0 Å². The van der Waals surface area contributed by atoms with Gasteiger partial charge in [0, 0.05) is 22.1 Å². The molecule has 0 unspecified atom stereocenters. The molecule has 21 heavy (non-hydrogen) atoms. The van der Waals surface area contributed by atoms with Crippen LogP contribution in [-0.2, 0) is 0 Å². The van der Waals surface area contributed by atoms with Crippen molar-refractivity contribution >= 4 is 26.7 Å². The first kappa shape index (κ1) is 13.8. The average Bonchev–Trinajstić information content (AvgIpc) is 2.46. The maximum Gasteiger partial charge on any atom is 0.227 e. The molecule has 0 amide bonds. The fourth-order valence-corrected chi connectivity index (χ4v) is 2.47. The second-order valence-electron chi connectivity index (χ2n) is 4.41. The number of rotatable bonds is 3. The highest BCUT2D eigenvalue weighted by molar-refractivity contribution is 9.10. The lowest BCUT2D eigenvalue weighted by atomic mass is 10.1. The molecule has 0 N–H and O–H groups in total. The van der Waals surface area contributed by atoms with Gasteiger partial charge in [0.1, 0.15) is 17.3 Å². The Kier molecular flexibility index (Phi) is 3.75. The lowest BCUT2D eigenvalue weighted by Gasteiger charge is -2.09. The van der Waals surface area contributed by atoms with Crippen molar-refractivity contribution in [2.75, 3.05) is 7.11 Å². The van der Waals surface area contributed by atoms with E-state index in [2.05, 4.69) is 20.9 Å². The summed E-state index contributed by atoms with van der Waals surface area (Å²) in [6.07, 6.45) is 1.65. The van der Waals surface area contributed by atoms with E-state index in [4.69, 9.17) is 9.47 Å². The SMILES string of the molecule is COc1ccc2ccnc(Oc3cc(F)cc(Br)c3)c2c1. The molecule has 3 nitrogen and oxygen atoms in total. The van der Waals surface area contributed by atoms with Crippen LogP contribution in [0, 0.1) is 5.82 Å². The van der Waals surface area contributed by atoms with Crippen molar-refractivity contribution in [2.24, 2.45) is 0 Å². The van der Waals surface area contributed by atoms with Crippen molar-refractivity contribution in [3.05, 3.63) is 59.0 Å². The summed E-state index contributed by atoms with van der Waals surface area (Å²) >= 11 is 3.24. The number of benzene rings is 2. The number of halogens is 2. The summed E-state index contributed by atoms with van der Waals surface area (Å²) in [6, 6.07) is 11.9. The molecule has 1 aromatic heterocycles. The predicted molar refractivity (Wildman–Crippen MR) is 82.5 cm³/mol. The Labute approximate surface area is 129 Å². The molecule has 0 aliphatic rings. The third kappa shape index (κ3) is 2.97. The molecular weight excluding hydrogens is 337 g/mol. The minimum Gasteiger partial charge on any atom is -0.497 e. The summed E-state index contributed by atoms with van der Waals surface area (Å²) in [6.45, 7) is 0. The van der Waals surface area contributed by atoms with Gasteiger partial charge in [0.25, 0.3) is 0 Å². The first-order chi connectivity index (χ1) is 10.2. The molecule has 0 atom stereocenters. The van der Waals surface area contributed by atoms with Crippen LogP contribution in [0.1, 0.15) is 0 Å². The van der Waals surface area contributed by atoms with Gasteiger partial charge in [-0.1, -0.05) is 22.0 Å². The minimum atomic E-state index is -0.378. The van der Waals surface area contributed by atoms with Crippen molar-refractivity contribution in [1.82, 2.24) is 4.98 Å². The van der Waals surface area contributed by atoms with E-state index in [9.17, 15) is 4.39 Å². The zero-order valence-corrected chi connectivity index (χ0v) is 12.7. The first-order valence-corrected chi connectivity index (χ1v) is 7.02. The molecule has 0 spiro atoms. The van der Waals surface area contributed by atoms with Gasteiger partial charge in [-0.2, -0.15) is 0 Å². The largest absolute Gasteiger partial charge is 0.497 e. The summed E-state index contributed by atoms with van der Waals surface area (Å²) in [7, 11) is 1.60. The van der Waals surface area contributed by atoms with Crippen molar-refractivity contribution in [3.63, 3.8) is 0 Å². The van der Waals surface area contributed by atoms with Crippen LogP contribution in [0.4, 0.5) is 4.39 Å². The third-order valence-electron chi connectivity index (χ3n) is 2.99. The molecule has 0 saturated carbocycles. The zero-order valence-electron chi connectivity index (χ0n) is 11.1. The number of pyridine rings is 1.